The smallest absolute Gasteiger partial charge is 0.119 e. The highest BCUT2D eigenvalue weighted by atomic mass is 16.5. The van der Waals surface area contributed by atoms with Gasteiger partial charge in [-0.2, -0.15) is 0 Å². The van der Waals surface area contributed by atoms with Gasteiger partial charge in [0.15, 0.2) is 0 Å². The molecule has 0 amide bonds. The Balaban J connectivity index is 2.14. The van der Waals surface area contributed by atoms with Gasteiger partial charge in [-0.1, -0.05) is 12.1 Å². The molecule has 0 radical (unpaired) electrons. The molecule has 1 heterocycles. The van der Waals surface area contributed by atoms with Crippen LogP contribution in [0.4, 0.5) is 0 Å². The highest BCUT2D eigenvalue weighted by Gasteiger charge is 2.26. The van der Waals surface area contributed by atoms with Crippen molar-refractivity contribution < 1.29 is 9.47 Å². The molecule has 3 heteroatoms. The molecule has 0 aromatic heterocycles. The van der Waals surface area contributed by atoms with Crippen LogP contribution >= 0.6 is 0 Å². The largest absolute Gasteiger partial charge is 0.494 e. The van der Waals surface area contributed by atoms with Crippen molar-refractivity contribution in [1.82, 2.24) is 5.32 Å². The number of hydrogen-bond donors (Lipinski definition) is 1. The molecule has 1 N–H and O–H groups in total. The Kier molecular flexibility index (Phi) is 4.40. The fourth-order valence-corrected chi connectivity index (χ4v) is 2.40. The molecule has 1 aliphatic heterocycles. The van der Waals surface area contributed by atoms with Gasteiger partial charge in [0.25, 0.3) is 0 Å². The van der Waals surface area contributed by atoms with Crippen LogP contribution in [0.3, 0.4) is 0 Å². The number of ether oxygens (including phenoxy) is 2. The Bertz CT molecular complexity index is 348. The topological polar surface area (TPSA) is 30.5 Å². The quantitative estimate of drug-likeness (QED) is 0.850. The normalized spacial score (nSPS) is 21.4. The van der Waals surface area contributed by atoms with E-state index in [1.165, 1.54) is 5.56 Å². The van der Waals surface area contributed by atoms with Gasteiger partial charge >= 0.3 is 0 Å². The molecule has 1 aromatic rings. The zero-order valence-corrected chi connectivity index (χ0v) is 10.6. The lowest BCUT2D eigenvalue weighted by Gasteiger charge is -2.23. The van der Waals surface area contributed by atoms with Crippen LogP contribution in [0.15, 0.2) is 24.3 Å². The third-order valence-electron chi connectivity index (χ3n) is 3.18. The number of likely N-dealkylation sites (N-methyl/N-ethyl adjacent to an activating group) is 1. The second kappa shape index (κ2) is 6.03. The number of benzene rings is 1. The average molecular weight is 235 g/mol. The molecule has 0 saturated carbocycles. The first-order valence-corrected chi connectivity index (χ1v) is 6.36. The SMILES string of the molecule is CCOc1cccc(C(NC)C2CCCO2)c1. The van der Waals surface area contributed by atoms with Crippen molar-refractivity contribution in [2.24, 2.45) is 0 Å². The fraction of sp³-hybridized carbons (Fsp3) is 0.571. The maximum Gasteiger partial charge on any atom is 0.119 e. The lowest BCUT2D eigenvalue weighted by atomic mass is 9.99. The summed E-state index contributed by atoms with van der Waals surface area (Å²) in [6.45, 7) is 3.59. The number of nitrogens with one attached hydrogen (secondary N) is 1. The van der Waals surface area contributed by atoms with Crippen molar-refractivity contribution in [3.8, 4) is 5.75 Å². The van der Waals surface area contributed by atoms with Gasteiger partial charge in [0.2, 0.25) is 0 Å². The van der Waals surface area contributed by atoms with Gasteiger partial charge in [-0.25, -0.2) is 0 Å². The summed E-state index contributed by atoms with van der Waals surface area (Å²) in [7, 11) is 1.99. The summed E-state index contributed by atoms with van der Waals surface area (Å²) < 4.78 is 11.3. The molecule has 3 nitrogen and oxygen atoms in total. The van der Waals surface area contributed by atoms with E-state index >= 15 is 0 Å². The monoisotopic (exact) mass is 235 g/mol. The Morgan fingerprint density at radius 3 is 3.06 bits per heavy atom. The van der Waals surface area contributed by atoms with E-state index in [0.29, 0.717) is 6.61 Å². The van der Waals surface area contributed by atoms with Crippen LogP contribution in [-0.4, -0.2) is 26.4 Å². The van der Waals surface area contributed by atoms with Crippen LogP contribution in [0.5, 0.6) is 5.75 Å². The third kappa shape index (κ3) is 2.99. The molecule has 2 atom stereocenters. The molecule has 1 saturated heterocycles. The van der Waals surface area contributed by atoms with Crippen LogP contribution in [0.1, 0.15) is 31.4 Å². The van der Waals surface area contributed by atoms with E-state index in [0.717, 1.165) is 25.2 Å². The Hall–Kier alpha value is -1.06. The first-order valence-electron chi connectivity index (χ1n) is 6.36. The molecule has 0 spiro atoms. The van der Waals surface area contributed by atoms with Crippen LogP contribution in [0, 0.1) is 0 Å². The summed E-state index contributed by atoms with van der Waals surface area (Å²) in [5.41, 5.74) is 1.24. The molecule has 94 valence electrons. The second-order valence-electron chi connectivity index (χ2n) is 4.32. The Morgan fingerprint density at radius 2 is 2.41 bits per heavy atom. The molecule has 2 unspecified atom stereocenters. The average Bonchev–Trinajstić information content (AvgIpc) is 2.85. The highest BCUT2D eigenvalue weighted by Crippen LogP contribution is 2.28. The van der Waals surface area contributed by atoms with Gasteiger partial charge in [0, 0.05) is 6.61 Å². The Morgan fingerprint density at radius 1 is 1.53 bits per heavy atom. The molecule has 17 heavy (non-hydrogen) atoms. The predicted molar refractivity (Wildman–Crippen MR) is 68.4 cm³/mol. The summed E-state index contributed by atoms with van der Waals surface area (Å²) in [5, 5.41) is 3.35. The van der Waals surface area contributed by atoms with Gasteiger partial charge in [-0.05, 0) is 44.5 Å². The molecule has 0 bridgehead atoms. The van der Waals surface area contributed by atoms with Gasteiger partial charge in [0.1, 0.15) is 5.75 Å². The maximum atomic E-state index is 5.76. The Labute approximate surface area is 103 Å². The number of hydrogen-bond acceptors (Lipinski definition) is 3. The summed E-state index contributed by atoms with van der Waals surface area (Å²) >= 11 is 0. The molecule has 0 aliphatic carbocycles. The van der Waals surface area contributed by atoms with E-state index in [-0.39, 0.29) is 12.1 Å². The van der Waals surface area contributed by atoms with Crippen LogP contribution in [0.25, 0.3) is 0 Å². The lowest BCUT2D eigenvalue weighted by molar-refractivity contribution is 0.0807. The highest BCUT2D eigenvalue weighted by molar-refractivity contribution is 5.31. The summed E-state index contributed by atoms with van der Waals surface area (Å²) in [5.74, 6) is 0.934. The molecular weight excluding hydrogens is 214 g/mol. The fourth-order valence-electron chi connectivity index (χ4n) is 2.40. The van der Waals surface area contributed by atoms with Gasteiger partial charge in [-0.15, -0.1) is 0 Å². The first kappa shape index (κ1) is 12.4. The van der Waals surface area contributed by atoms with E-state index in [1.807, 2.05) is 26.1 Å². The summed E-state index contributed by atoms with van der Waals surface area (Å²) in [6.07, 6.45) is 2.58. The van der Waals surface area contributed by atoms with E-state index in [4.69, 9.17) is 9.47 Å². The minimum atomic E-state index is 0.262. The minimum absolute atomic E-state index is 0.262. The third-order valence-corrected chi connectivity index (χ3v) is 3.18. The molecular formula is C14H21NO2. The molecule has 1 aromatic carbocycles. The van der Waals surface area contributed by atoms with Crippen molar-refractivity contribution in [3.63, 3.8) is 0 Å². The maximum absolute atomic E-state index is 5.76. The van der Waals surface area contributed by atoms with E-state index in [1.54, 1.807) is 0 Å². The second-order valence-corrected chi connectivity index (χ2v) is 4.32. The molecule has 1 aliphatic rings. The van der Waals surface area contributed by atoms with Crippen LogP contribution in [-0.2, 0) is 4.74 Å². The van der Waals surface area contributed by atoms with Crippen LogP contribution in [0.2, 0.25) is 0 Å². The van der Waals surface area contributed by atoms with Crippen molar-refractivity contribution in [2.75, 3.05) is 20.3 Å². The van der Waals surface area contributed by atoms with E-state index in [9.17, 15) is 0 Å². The zero-order chi connectivity index (χ0) is 12.1. The zero-order valence-electron chi connectivity index (χ0n) is 10.6. The van der Waals surface area contributed by atoms with Gasteiger partial charge < -0.3 is 14.8 Å². The van der Waals surface area contributed by atoms with Crippen molar-refractivity contribution in [2.45, 2.75) is 31.9 Å². The van der Waals surface area contributed by atoms with Crippen molar-refractivity contribution in [1.29, 1.82) is 0 Å². The molecule has 2 rings (SSSR count). The van der Waals surface area contributed by atoms with Crippen molar-refractivity contribution in [3.05, 3.63) is 29.8 Å². The van der Waals surface area contributed by atoms with E-state index in [2.05, 4.69) is 17.4 Å². The number of rotatable bonds is 5. The molecule has 1 fully saturated rings. The lowest BCUT2D eigenvalue weighted by Crippen LogP contribution is -2.28. The van der Waals surface area contributed by atoms with Gasteiger partial charge in [-0.3, -0.25) is 0 Å². The van der Waals surface area contributed by atoms with E-state index < -0.39 is 0 Å². The first-order chi connectivity index (χ1) is 8.35. The van der Waals surface area contributed by atoms with Crippen LogP contribution < -0.4 is 10.1 Å². The summed E-state index contributed by atoms with van der Waals surface area (Å²) in [4.78, 5) is 0. The van der Waals surface area contributed by atoms with Crippen molar-refractivity contribution >= 4 is 0 Å². The standard InChI is InChI=1S/C14H21NO2/c1-3-16-12-7-4-6-11(10-12)14(15-2)13-8-5-9-17-13/h4,6-7,10,13-15H,3,5,8-9H2,1-2H3. The predicted octanol–water partition coefficient (Wildman–Crippen LogP) is 2.52. The van der Waals surface area contributed by atoms with Gasteiger partial charge in [0.05, 0.1) is 18.8 Å². The summed E-state index contributed by atoms with van der Waals surface area (Å²) in [6, 6.07) is 8.53. The minimum Gasteiger partial charge on any atom is -0.494 e.